The Labute approximate surface area is 159 Å². The minimum Gasteiger partial charge on any atom is -0.258 e. The maximum absolute atomic E-state index is 12.3. The van der Waals surface area contributed by atoms with E-state index in [1.165, 1.54) is 12.1 Å². The van der Waals surface area contributed by atoms with Crippen LogP contribution >= 0.6 is 27.7 Å². The summed E-state index contributed by atoms with van der Waals surface area (Å²) in [6, 6.07) is 11.8. The highest BCUT2D eigenvalue weighted by Crippen LogP contribution is 2.23. The number of nitro benzene ring substituents is 1. The van der Waals surface area contributed by atoms with E-state index in [9.17, 15) is 18.5 Å². The molecule has 0 aliphatic carbocycles. The van der Waals surface area contributed by atoms with Crippen LogP contribution in [0.15, 0.2) is 51.8 Å². The summed E-state index contributed by atoms with van der Waals surface area (Å²) in [5.41, 5.74) is 1.36. The number of hydrogen-bond donors (Lipinski definition) is 1. The first-order valence-electron chi connectivity index (χ1n) is 7.37. The Kier molecular flexibility index (Phi) is 7.00. The van der Waals surface area contributed by atoms with E-state index < -0.39 is 14.9 Å². The Morgan fingerprint density at radius 1 is 1.24 bits per heavy atom. The lowest BCUT2D eigenvalue weighted by atomic mass is 10.2. The van der Waals surface area contributed by atoms with E-state index in [-0.39, 0.29) is 17.1 Å². The lowest BCUT2D eigenvalue weighted by Gasteiger charge is -2.08. The normalized spacial score (nSPS) is 11.4. The molecular weight excluding hydrogens is 428 g/mol. The van der Waals surface area contributed by atoms with Crippen LogP contribution < -0.4 is 4.72 Å². The Balaban J connectivity index is 1.91. The van der Waals surface area contributed by atoms with Crippen molar-refractivity contribution in [2.75, 3.05) is 12.3 Å². The zero-order valence-corrected chi connectivity index (χ0v) is 16.7. The highest BCUT2D eigenvalue weighted by molar-refractivity contribution is 9.10. The van der Waals surface area contributed by atoms with Crippen molar-refractivity contribution < 1.29 is 13.3 Å². The molecule has 2 aromatic rings. The largest absolute Gasteiger partial charge is 0.273 e. The summed E-state index contributed by atoms with van der Waals surface area (Å²) >= 11 is 5.07. The number of nitro groups is 1. The van der Waals surface area contributed by atoms with Crippen molar-refractivity contribution in [2.24, 2.45) is 0 Å². The van der Waals surface area contributed by atoms with Crippen molar-refractivity contribution in [3.63, 3.8) is 0 Å². The molecule has 0 saturated heterocycles. The smallest absolute Gasteiger partial charge is 0.258 e. The van der Waals surface area contributed by atoms with Gasteiger partial charge in [-0.15, -0.1) is 0 Å². The average molecular weight is 445 g/mol. The van der Waals surface area contributed by atoms with Crippen LogP contribution in [-0.4, -0.2) is 25.6 Å². The molecule has 0 spiro atoms. The van der Waals surface area contributed by atoms with Crippen LogP contribution in [0.4, 0.5) is 5.69 Å². The van der Waals surface area contributed by atoms with Gasteiger partial charge in [-0.2, -0.15) is 11.8 Å². The minimum absolute atomic E-state index is 0.0967. The number of nitrogens with zero attached hydrogens (tertiary/aromatic N) is 1. The van der Waals surface area contributed by atoms with Gasteiger partial charge in [0.2, 0.25) is 10.0 Å². The van der Waals surface area contributed by atoms with E-state index in [1.54, 1.807) is 18.7 Å². The molecule has 0 aliphatic heterocycles. The van der Waals surface area contributed by atoms with Crippen LogP contribution in [0.5, 0.6) is 0 Å². The van der Waals surface area contributed by atoms with Crippen molar-refractivity contribution in [2.45, 2.75) is 17.6 Å². The second-order valence-electron chi connectivity index (χ2n) is 5.25. The zero-order valence-electron chi connectivity index (χ0n) is 13.4. The molecule has 0 bridgehead atoms. The van der Waals surface area contributed by atoms with Gasteiger partial charge in [0.25, 0.3) is 5.69 Å². The molecule has 0 aromatic heterocycles. The van der Waals surface area contributed by atoms with Gasteiger partial charge < -0.3 is 0 Å². The molecule has 0 amide bonds. The molecule has 0 saturated carbocycles. The number of thioether (sulfide) groups is 1. The minimum atomic E-state index is -3.76. The van der Waals surface area contributed by atoms with Crippen molar-refractivity contribution in [3.05, 3.63) is 68.2 Å². The predicted molar refractivity (Wildman–Crippen MR) is 103 cm³/mol. The fraction of sp³-hybridized carbons (Fsp3) is 0.250. The summed E-state index contributed by atoms with van der Waals surface area (Å²) in [5, 5.41) is 10.9. The van der Waals surface area contributed by atoms with Gasteiger partial charge in [0.1, 0.15) is 0 Å². The van der Waals surface area contributed by atoms with Crippen molar-refractivity contribution in [3.8, 4) is 0 Å². The fourth-order valence-corrected chi connectivity index (χ4v) is 4.74. The molecule has 0 heterocycles. The molecule has 6 nitrogen and oxygen atoms in total. The van der Waals surface area contributed by atoms with E-state index in [0.29, 0.717) is 11.3 Å². The number of halogens is 1. The number of nitrogens with one attached hydrogen (secondary N) is 1. The first-order chi connectivity index (χ1) is 11.8. The molecule has 0 atom stereocenters. The third kappa shape index (κ3) is 5.53. The molecule has 0 radical (unpaired) electrons. The standard InChI is InChI=1S/C16H17BrN2O4S2/c1-12-6-7-14(10-16(12)19(20)21)25(22,23)18-8-9-24-11-13-4-2-3-5-15(13)17/h2-7,10,18H,8-9,11H2,1H3. The van der Waals surface area contributed by atoms with Gasteiger partial charge in [-0.25, -0.2) is 13.1 Å². The van der Waals surface area contributed by atoms with Gasteiger partial charge in [-0.05, 0) is 24.6 Å². The van der Waals surface area contributed by atoms with Crippen molar-refractivity contribution in [1.29, 1.82) is 0 Å². The van der Waals surface area contributed by atoms with Crippen LogP contribution in [0, 0.1) is 17.0 Å². The van der Waals surface area contributed by atoms with Crippen molar-refractivity contribution >= 4 is 43.4 Å². The second kappa shape index (κ2) is 8.79. The Hall–Kier alpha value is -1.42. The van der Waals surface area contributed by atoms with E-state index in [0.717, 1.165) is 21.9 Å². The topological polar surface area (TPSA) is 89.3 Å². The summed E-state index contributed by atoms with van der Waals surface area (Å²) in [7, 11) is -3.76. The molecule has 25 heavy (non-hydrogen) atoms. The van der Waals surface area contributed by atoms with Crippen LogP contribution in [0.25, 0.3) is 0 Å². The monoisotopic (exact) mass is 444 g/mol. The first-order valence-corrected chi connectivity index (χ1v) is 10.8. The third-order valence-corrected chi connectivity index (χ3v) is 6.68. The second-order valence-corrected chi connectivity index (χ2v) is 8.97. The summed E-state index contributed by atoms with van der Waals surface area (Å²) in [4.78, 5) is 10.3. The molecular formula is C16H17BrN2O4S2. The van der Waals surface area contributed by atoms with Gasteiger partial charge in [-0.1, -0.05) is 40.2 Å². The van der Waals surface area contributed by atoms with E-state index in [4.69, 9.17) is 0 Å². The predicted octanol–water partition coefficient (Wildman–Crippen LogP) is 3.88. The number of rotatable bonds is 8. The quantitative estimate of drug-likeness (QED) is 0.379. The van der Waals surface area contributed by atoms with Crippen LogP contribution in [0.3, 0.4) is 0 Å². The Morgan fingerprint density at radius 3 is 2.64 bits per heavy atom. The zero-order chi connectivity index (χ0) is 18.4. The number of sulfonamides is 1. The summed E-state index contributed by atoms with van der Waals surface area (Å²) < 4.78 is 28.0. The lowest BCUT2D eigenvalue weighted by molar-refractivity contribution is -0.385. The maximum Gasteiger partial charge on any atom is 0.273 e. The third-order valence-electron chi connectivity index (χ3n) is 3.44. The molecule has 2 rings (SSSR count). The Morgan fingerprint density at radius 2 is 1.96 bits per heavy atom. The van der Waals surface area contributed by atoms with Crippen LogP contribution in [0.2, 0.25) is 0 Å². The summed E-state index contributed by atoms with van der Waals surface area (Å²) in [6.45, 7) is 1.82. The molecule has 0 unspecified atom stereocenters. The number of aryl methyl sites for hydroxylation is 1. The maximum atomic E-state index is 12.3. The molecule has 0 fully saturated rings. The van der Waals surface area contributed by atoms with Gasteiger partial charge >= 0.3 is 0 Å². The van der Waals surface area contributed by atoms with Gasteiger partial charge in [0, 0.05) is 34.2 Å². The SMILES string of the molecule is Cc1ccc(S(=O)(=O)NCCSCc2ccccc2Br)cc1[N+](=O)[O-]. The summed E-state index contributed by atoms with van der Waals surface area (Å²) in [6.07, 6.45) is 0. The Bertz CT molecular complexity index is 872. The van der Waals surface area contributed by atoms with Crippen LogP contribution in [-0.2, 0) is 15.8 Å². The number of benzene rings is 2. The highest BCUT2D eigenvalue weighted by Gasteiger charge is 2.19. The first kappa shape index (κ1) is 19.9. The van der Waals surface area contributed by atoms with Crippen molar-refractivity contribution in [1.82, 2.24) is 4.72 Å². The lowest BCUT2D eigenvalue weighted by Crippen LogP contribution is -2.26. The number of hydrogen-bond acceptors (Lipinski definition) is 5. The van der Waals surface area contributed by atoms with Crippen LogP contribution in [0.1, 0.15) is 11.1 Å². The molecule has 134 valence electrons. The van der Waals surface area contributed by atoms with Gasteiger partial charge in [-0.3, -0.25) is 10.1 Å². The summed E-state index contributed by atoms with van der Waals surface area (Å²) in [5.74, 6) is 1.35. The van der Waals surface area contributed by atoms with E-state index in [1.807, 2.05) is 24.3 Å². The fourth-order valence-electron chi connectivity index (χ4n) is 2.08. The highest BCUT2D eigenvalue weighted by atomic mass is 79.9. The molecule has 9 heteroatoms. The molecule has 2 aromatic carbocycles. The van der Waals surface area contributed by atoms with Gasteiger partial charge in [0.05, 0.1) is 9.82 Å². The van der Waals surface area contributed by atoms with Gasteiger partial charge in [0.15, 0.2) is 0 Å². The average Bonchev–Trinajstić information content (AvgIpc) is 2.56. The molecule has 1 N–H and O–H groups in total. The molecule has 0 aliphatic rings. The van der Waals surface area contributed by atoms with E-state index >= 15 is 0 Å². The van der Waals surface area contributed by atoms with E-state index in [2.05, 4.69) is 20.7 Å².